The summed E-state index contributed by atoms with van der Waals surface area (Å²) in [6.07, 6.45) is 0.200. The number of hydrogen-bond acceptors (Lipinski definition) is 3. The summed E-state index contributed by atoms with van der Waals surface area (Å²) in [5.74, 6) is -0.617. The number of carbonyl (C=O) groups excluding carboxylic acids is 2. The number of ether oxygens (including phenoxy) is 1. The van der Waals surface area contributed by atoms with Crippen LogP contribution in [0.4, 0.5) is 5.69 Å². The molecule has 2 fully saturated rings. The van der Waals surface area contributed by atoms with Crippen molar-refractivity contribution in [3.8, 4) is 0 Å². The second kappa shape index (κ2) is 4.33. The number of hydrogen-bond donors (Lipinski definition) is 0. The lowest BCUT2D eigenvalue weighted by Gasteiger charge is -2.30. The van der Waals surface area contributed by atoms with Crippen LogP contribution in [0.2, 0.25) is 5.02 Å². The van der Waals surface area contributed by atoms with Gasteiger partial charge in [-0.15, -0.1) is 0 Å². The smallest absolute Gasteiger partial charge is 0.263 e. The number of amides is 2. The van der Waals surface area contributed by atoms with Gasteiger partial charge in [0.25, 0.3) is 11.8 Å². The average Bonchev–Trinajstić information content (AvgIpc) is 2.79. The fraction of sp³-hybridized carbons (Fsp3) is 0.333. The van der Waals surface area contributed by atoms with Gasteiger partial charge in [0, 0.05) is 0 Å². The van der Waals surface area contributed by atoms with Crippen LogP contribution in [0.3, 0.4) is 0 Å². The van der Waals surface area contributed by atoms with E-state index in [2.05, 4.69) is 15.9 Å². The number of fused-ring (bicyclic) bond motifs is 2. The minimum absolute atomic E-state index is 0.309. The molecule has 1 aromatic rings. The van der Waals surface area contributed by atoms with Crippen molar-refractivity contribution in [1.82, 2.24) is 0 Å². The van der Waals surface area contributed by atoms with Crippen LogP contribution in [0.5, 0.6) is 0 Å². The molecule has 0 aromatic heterocycles. The van der Waals surface area contributed by atoms with Gasteiger partial charge in [-0.05, 0) is 40.9 Å². The highest BCUT2D eigenvalue weighted by Gasteiger charge is 2.47. The predicted molar refractivity (Wildman–Crippen MR) is 69.5 cm³/mol. The molecule has 2 aliphatic heterocycles. The highest BCUT2D eigenvalue weighted by molar-refractivity contribution is 9.10. The maximum Gasteiger partial charge on any atom is 0.263 e. The van der Waals surface area contributed by atoms with Crippen LogP contribution < -0.4 is 4.90 Å². The maximum absolute atomic E-state index is 12.2. The lowest BCUT2D eigenvalue weighted by molar-refractivity contribution is -0.146. The highest BCUT2D eigenvalue weighted by Crippen LogP contribution is 2.37. The summed E-state index contributed by atoms with van der Waals surface area (Å²) >= 11 is 9.30. The molecule has 2 bridgehead atoms. The largest absolute Gasteiger partial charge is 0.355 e. The van der Waals surface area contributed by atoms with Crippen molar-refractivity contribution in [1.29, 1.82) is 0 Å². The van der Waals surface area contributed by atoms with E-state index in [1.54, 1.807) is 18.2 Å². The van der Waals surface area contributed by atoms with Gasteiger partial charge in [-0.3, -0.25) is 9.59 Å². The first kappa shape index (κ1) is 12.1. The number of anilines is 1. The Kier molecular flexibility index (Phi) is 2.92. The standard InChI is InChI=1S/C12H9BrClNO3/c13-10-6(14)2-1-3-7(10)15-11(16)8-4-5-9(18-8)12(15)17/h1-3,8-9H,4-5H2. The van der Waals surface area contributed by atoms with Crippen LogP contribution in [-0.4, -0.2) is 24.0 Å². The monoisotopic (exact) mass is 329 g/mol. The molecular formula is C12H9BrClNO3. The lowest BCUT2D eigenvalue weighted by atomic mass is 10.2. The molecule has 0 spiro atoms. The molecule has 6 heteroatoms. The Morgan fingerprint density at radius 3 is 2.44 bits per heavy atom. The Labute approximate surface area is 117 Å². The van der Waals surface area contributed by atoms with Crippen molar-refractivity contribution in [2.75, 3.05) is 4.90 Å². The Morgan fingerprint density at radius 1 is 1.22 bits per heavy atom. The molecule has 2 unspecified atom stereocenters. The molecule has 18 heavy (non-hydrogen) atoms. The number of imide groups is 1. The summed E-state index contributed by atoms with van der Waals surface area (Å²) < 4.78 is 5.91. The van der Waals surface area contributed by atoms with Gasteiger partial charge in [0.15, 0.2) is 0 Å². The SMILES string of the molecule is O=C1C2CCC(O2)C(=O)N1c1cccc(Cl)c1Br. The summed E-state index contributed by atoms with van der Waals surface area (Å²) in [7, 11) is 0. The zero-order valence-corrected chi connectivity index (χ0v) is 11.6. The van der Waals surface area contributed by atoms with E-state index in [9.17, 15) is 9.59 Å². The van der Waals surface area contributed by atoms with Gasteiger partial charge in [0.2, 0.25) is 0 Å². The van der Waals surface area contributed by atoms with Gasteiger partial charge in [-0.2, -0.15) is 0 Å². The Hall–Kier alpha value is -0.910. The quantitative estimate of drug-likeness (QED) is 0.743. The van der Waals surface area contributed by atoms with Gasteiger partial charge in [-0.25, -0.2) is 4.90 Å². The number of morpholine rings is 1. The third-order valence-corrected chi connectivity index (χ3v) is 4.56. The molecule has 4 nitrogen and oxygen atoms in total. The van der Waals surface area contributed by atoms with Gasteiger partial charge in [0.05, 0.1) is 15.2 Å². The Bertz CT molecular complexity index is 526. The van der Waals surface area contributed by atoms with Gasteiger partial charge >= 0.3 is 0 Å². The number of nitrogens with zero attached hydrogens (tertiary/aromatic N) is 1. The zero-order valence-electron chi connectivity index (χ0n) is 9.23. The number of rotatable bonds is 1. The molecule has 2 saturated heterocycles. The summed E-state index contributed by atoms with van der Waals surface area (Å²) in [5, 5.41) is 0.465. The molecule has 0 saturated carbocycles. The predicted octanol–water partition coefficient (Wildman–Crippen LogP) is 2.52. The van der Waals surface area contributed by atoms with Gasteiger partial charge < -0.3 is 4.74 Å². The van der Waals surface area contributed by atoms with Crippen molar-refractivity contribution in [2.24, 2.45) is 0 Å². The van der Waals surface area contributed by atoms with E-state index in [0.717, 1.165) is 0 Å². The Balaban J connectivity index is 2.08. The molecule has 2 heterocycles. The Morgan fingerprint density at radius 2 is 1.83 bits per heavy atom. The van der Waals surface area contributed by atoms with E-state index in [4.69, 9.17) is 16.3 Å². The van der Waals surface area contributed by atoms with Crippen LogP contribution in [0.1, 0.15) is 12.8 Å². The fourth-order valence-electron chi connectivity index (χ4n) is 2.30. The normalized spacial score (nSPS) is 26.9. The van der Waals surface area contributed by atoms with Crippen LogP contribution in [0.25, 0.3) is 0 Å². The van der Waals surface area contributed by atoms with Crippen molar-refractivity contribution in [3.05, 3.63) is 27.7 Å². The first-order valence-corrected chi connectivity index (χ1v) is 6.74. The van der Waals surface area contributed by atoms with Crippen LogP contribution in [0.15, 0.2) is 22.7 Å². The number of carbonyl (C=O) groups is 2. The van der Waals surface area contributed by atoms with Crippen LogP contribution in [0, 0.1) is 0 Å². The minimum Gasteiger partial charge on any atom is -0.355 e. The molecule has 3 rings (SSSR count). The molecular weight excluding hydrogens is 321 g/mol. The van der Waals surface area contributed by atoms with E-state index >= 15 is 0 Å². The van der Waals surface area contributed by atoms with Crippen LogP contribution in [-0.2, 0) is 14.3 Å². The van der Waals surface area contributed by atoms with Crippen molar-refractivity contribution >= 4 is 45.0 Å². The van der Waals surface area contributed by atoms with E-state index in [0.29, 0.717) is 28.0 Å². The first-order valence-electron chi connectivity index (χ1n) is 5.57. The second-order valence-corrected chi connectivity index (χ2v) is 5.48. The summed E-state index contributed by atoms with van der Waals surface area (Å²) in [6, 6.07) is 5.09. The van der Waals surface area contributed by atoms with Gasteiger partial charge in [-0.1, -0.05) is 17.7 Å². The molecule has 0 radical (unpaired) electrons. The lowest BCUT2D eigenvalue weighted by Crippen LogP contribution is -2.52. The van der Waals surface area contributed by atoms with Crippen molar-refractivity contribution in [3.63, 3.8) is 0 Å². The third kappa shape index (κ3) is 1.69. The summed E-state index contributed by atoms with van der Waals surface area (Å²) in [4.78, 5) is 25.5. The average molecular weight is 331 g/mol. The third-order valence-electron chi connectivity index (χ3n) is 3.18. The number of benzene rings is 1. The van der Waals surface area contributed by atoms with Crippen molar-refractivity contribution in [2.45, 2.75) is 25.0 Å². The van der Waals surface area contributed by atoms with E-state index in [1.807, 2.05) is 0 Å². The first-order chi connectivity index (χ1) is 8.59. The van der Waals surface area contributed by atoms with E-state index < -0.39 is 12.2 Å². The minimum atomic E-state index is -0.501. The van der Waals surface area contributed by atoms with E-state index in [-0.39, 0.29) is 11.8 Å². The topological polar surface area (TPSA) is 46.6 Å². The maximum atomic E-state index is 12.2. The van der Waals surface area contributed by atoms with Gasteiger partial charge in [0.1, 0.15) is 12.2 Å². The summed E-state index contributed by atoms with van der Waals surface area (Å²) in [6.45, 7) is 0. The number of halogens is 2. The van der Waals surface area contributed by atoms with E-state index in [1.165, 1.54) is 4.90 Å². The molecule has 2 atom stereocenters. The highest BCUT2D eigenvalue weighted by atomic mass is 79.9. The van der Waals surface area contributed by atoms with Crippen molar-refractivity contribution < 1.29 is 14.3 Å². The molecule has 2 amide bonds. The molecule has 94 valence electrons. The molecule has 2 aliphatic rings. The molecule has 0 N–H and O–H groups in total. The second-order valence-electron chi connectivity index (χ2n) is 4.28. The van der Waals surface area contributed by atoms with Crippen LogP contribution >= 0.6 is 27.5 Å². The molecule has 0 aliphatic carbocycles. The zero-order chi connectivity index (χ0) is 12.9. The summed E-state index contributed by atoms with van der Waals surface area (Å²) in [5.41, 5.74) is 0.484. The fourth-order valence-corrected chi connectivity index (χ4v) is 2.91. The molecule has 1 aromatic carbocycles.